The van der Waals surface area contributed by atoms with Crippen molar-refractivity contribution >= 4 is 43.9 Å². The average Bonchev–Trinajstić information content (AvgIpc) is 3.31. The minimum absolute atomic E-state index is 0.0220. The summed E-state index contributed by atoms with van der Waals surface area (Å²) in [5, 5.41) is 18.9. The third kappa shape index (κ3) is 7.74. The maximum Gasteiger partial charge on any atom is 0.490 e. The zero-order valence-corrected chi connectivity index (χ0v) is 21.5. The molecule has 0 bridgehead atoms. The lowest BCUT2D eigenvalue weighted by Gasteiger charge is -2.26. The van der Waals surface area contributed by atoms with Crippen LogP contribution in [0.4, 0.5) is 44.3 Å². The number of halogens is 11. The lowest BCUT2D eigenvalue weighted by Crippen LogP contribution is -2.38. The molecule has 0 radical (unpaired) electrons. The molecule has 3 N–H and O–H groups in total. The highest BCUT2D eigenvalue weighted by Crippen LogP contribution is 2.34. The summed E-state index contributed by atoms with van der Waals surface area (Å²) in [5.41, 5.74) is 0.787. The number of hydrogen-bond acceptors (Lipinski definition) is 5. The van der Waals surface area contributed by atoms with E-state index in [0.717, 1.165) is 9.47 Å². The van der Waals surface area contributed by atoms with E-state index in [1.165, 1.54) is 4.57 Å². The quantitative estimate of drug-likeness (QED) is 0.345. The second-order valence-electron chi connectivity index (χ2n) is 7.33. The van der Waals surface area contributed by atoms with Gasteiger partial charge in [0.1, 0.15) is 9.21 Å². The van der Waals surface area contributed by atoms with Gasteiger partial charge >= 0.3 is 30.6 Å². The number of aliphatic carboxylic acids is 1. The van der Waals surface area contributed by atoms with Gasteiger partial charge in [-0.15, -0.1) is 0 Å². The Labute approximate surface area is 222 Å². The Morgan fingerprint density at radius 2 is 1.24 bits per heavy atom. The SMILES string of the molecule is FC(F)(F)c1nc(Br)c2n1CCNC2.O=C(O)C(F)(F)F.O=C(O)N1CCn2c(C(F)(F)F)nc(Br)c2C1. The van der Waals surface area contributed by atoms with Crippen LogP contribution in [0.2, 0.25) is 0 Å². The molecule has 38 heavy (non-hydrogen) atoms. The number of carboxylic acid groups (broad SMARTS) is 2. The molecule has 10 nitrogen and oxygen atoms in total. The van der Waals surface area contributed by atoms with Gasteiger partial charge in [-0.05, 0) is 31.9 Å². The van der Waals surface area contributed by atoms with Crippen molar-refractivity contribution in [2.75, 3.05) is 13.1 Å². The Morgan fingerprint density at radius 1 is 0.789 bits per heavy atom. The number of hydrogen-bond donors (Lipinski definition) is 3. The zero-order chi connectivity index (χ0) is 29.2. The van der Waals surface area contributed by atoms with Gasteiger partial charge in [-0.25, -0.2) is 19.6 Å². The Hall–Kier alpha value is -2.55. The summed E-state index contributed by atoms with van der Waals surface area (Å²) in [6, 6.07) is 0. The van der Waals surface area contributed by atoms with Gasteiger partial charge in [0.2, 0.25) is 11.6 Å². The van der Waals surface area contributed by atoms with E-state index >= 15 is 0 Å². The average molecular weight is 698 g/mol. The van der Waals surface area contributed by atoms with Gasteiger partial charge in [-0.2, -0.15) is 39.5 Å². The van der Waals surface area contributed by atoms with Crippen LogP contribution in [0.15, 0.2) is 9.21 Å². The molecule has 2 aromatic rings. The van der Waals surface area contributed by atoms with Gasteiger partial charge < -0.3 is 29.6 Å². The summed E-state index contributed by atoms with van der Waals surface area (Å²) < 4.78 is 109. The van der Waals surface area contributed by atoms with Crippen LogP contribution in [-0.2, 0) is 43.3 Å². The van der Waals surface area contributed by atoms with E-state index in [9.17, 15) is 44.3 Å². The van der Waals surface area contributed by atoms with Gasteiger partial charge in [-0.3, -0.25) is 0 Å². The first-order valence-electron chi connectivity index (χ1n) is 9.88. The van der Waals surface area contributed by atoms with Crippen LogP contribution in [-0.4, -0.2) is 65.5 Å². The normalized spacial score (nSPS) is 15.4. The van der Waals surface area contributed by atoms with Crippen LogP contribution in [0.3, 0.4) is 0 Å². The highest BCUT2D eigenvalue weighted by atomic mass is 79.9. The lowest BCUT2D eigenvalue weighted by molar-refractivity contribution is -0.192. The summed E-state index contributed by atoms with van der Waals surface area (Å²) in [7, 11) is 0. The molecule has 2 aliphatic rings. The van der Waals surface area contributed by atoms with Gasteiger partial charge in [0.05, 0.1) is 17.9 Å². The molecule has 0 spiro atoms. The molecule has 2 aliphatic heterocycles. The third-order valence-electron chi connectivity index (χ3n) is 4.81. The number of alkyl halides is 9. The van der Waals surface area contributed by atoms with E-state index in [2.05, 4.69) is 47.1 Å². The number of aromatic nitrogens is 4. The second-order valence-corrected chi connectivity index (χ2v) is 8.83. The van der Waals surface area contributed by atoms with Crippen LogP contribution in [0.1, 0.15) is 23.0 Å². The predicted molar refractivity (Wildman–Crippen MR) is 114 cm³/mol. The molecule has 2 aromatic heterocycles. The molecule has 0 saturated carbocycles. The Morgan fingerprint density at radius 3 is 1.66 bits per heavy atom. The monoisotopic (exact) mass is 696 g/mol. The van der Waals surface area contributed by atoms with Gasteiger partial charge in [-0.1, -0.05) is 0 Å². The van der Waals surface area contributed by atoms with Crippen molar-refractivity contribution in [1.29, 1.82) is 0 Å². The molecule has 0 fully saturated rings. The minimum atomic E-state index is -5.08. The third-order valence-corrected chi connectivity index (χ3v) is 6.08. The van der Waals surface area contributed by atoms with Gasteiger partial charge in [0.15, 0.2) is 0 Å². The molecule has 21 heteroatoms. The minimum Gasteiger partial charge on any atom is -0.475 e. The van der Waals surface area contributed by atoms with Crippen molar-refractivity contribution in [2.45, 2.75) is 44.7 Å². The second kappa shape index (κ2) is 11.7. The molecular formula is C17H15Br2F9N6O4. The van der Waals surface area contributed by atoms with Crippen LogP contribution in [0.5, 0.6) is 0 Å². The summed E-state index contributed by atoms with van der Waals surface area (Å²) in [4.78, 5) is 27.5. The number of imidazole rings is 2. The fourth-order valence-corrected chi connectivity index (χ4v) is 4.22. The van der Waals surface area contributed by atoms with Crippen LogP contribution >= 0.6 is 31.9 Å². The van der Waals surface area contributed by atoms with Crippen molar-refractivity contribution in [2.24, 2.45) is 0 Å². The van der Waals surface area contributed by atoms with E-state index in [0.29, 0.717) is 25.3 Å². The van der Waals surface area contributed by atoms with E-state index in [1.54, 1.807) is 0 Å². The standard InChI is InChI=1S/C8H7BrF3N3O2.C7H7BrF3N3.C2HF3O2/c9-5-4-3-14(7(16)17)1-2-15(4)6(13-5)8(10,11)12;8-5-4-3-12-1-2-14(4)6(13-5)7(9,10)11;3-2(4,5)1(6)7/h1-3H2,(H,16,17);12H,1-3H2;(H,6,7). The molecular weight excluding hydrogens is 683 g/mol. The highest BCUT2D eigenvalue weighted by molar-refractivity contribution is 9.10. The van der Waals surface area contributed by atoms with Crippen LogP contribution in [0, 0.1) is 0 Å². The molecule has 0 atom stereocenters. The van der Waals surface area contributed by atoms with Gasteiger partial charge in [0.25, 0.3) is 0 Å². The van der Waals surface area contributed by atoms with E-state index in [-0.39, 0.29) is 34.5 Å². The number of carbonyl (C=O) groups is 2. The Kier molecular flexibility index (Phi) is 9.73. The van der Waals surface area contributed by atoms with Crippen molar-refractivity contribution < 1.29 is 59.3 Å². The molecule has 0 saturated heterocycles. The fraction of sp³-hybridized carbons (Fsp3) is 0.529. The summed E-state index contributed by atoms with van der Waals surface area (Å²) in [5.74, 6) is -4.57. The van der Waals surface area contributed by atoms with Crippen LogP contribution < -0.4 is 5.32 Å². The molecule has 0 aliphatic carbocycles. The van der Waals surface area contributed by atoms with E-state index < -0.39 is 42.2 Å². The number of carboxylic acids is 1. The number of fused-ring (bicyclic) bond motifs is 2. The van der Waals surface area contributed by atoms with Crippen molar-refractivity contribution in [1.82, 2.24) is 29.3 Å². The summed E-state index contributed by atoms with van der Waals surface area (Å²) in [6.07, 6.45) is -15.2. The van der Waals surface area contributed by atoms with Crippen LogP contribution in [0.25, 0.3) is 0 Å². The van der Waals surface area contributed by atoms with Crippen molar-refractivity contribution in [3.05, 3.63) is 32.2 Å². The molecule has 0 unspecified atom stereocenters. The molecule has 4 heterocycles. The predicted octanol–water partition coefficient (Wildman–Crippen LogP) is 4.56. The fourth-order valence-electron chi connectivity index (χ4n) is 3.19. The maximum absolute atomic E-state index is 12.6. The van der Waals surface area contributed by atoms with E-state index in [1.807, 2.05) is 0 Å². The lowest BCUT2D eigenvalue weighted by atomic mass is 10.3. The summed E-state index contributed by atoms with van der Waals surface area (Å²) >= 11 is 5.94. The smallest absolute Gasteiger partial charge is 0.475 e. The maximum atomic E-state index is 12.6. The first-order chi connectivity index (χ1) is 17.2. The number of rotatable bonds is 0. The largest absolute Gasteiger partial charge is 0.490 e. The highest BCUT2D eigenvalue weighted by Gasteiger charge is 2.41. The zero-order valence-electron chi connectivity index (χ0n) is 18.3. The van der Waals surface area contributed by atoms with Gasteiger partial charge in [0, 0.05) is 32.7 Å². The Balaban J connectivity index is 0.000000218. The first kappa shape index (κ1) is 31.7. The molecule has 1 amide bonds. The first-order valence-corrected chi connectivity index (χ1v) is 11.5. The van der Waals surface area contributed by atoms with E-state index in [4.69, 9.17) is 15.0 Å². The van der Waals surface area contributed by atoms with Crippen molar-refractivity contribution in [3.8, 4) is 0 Å². The molecule has 0 aromatic carbocycles. The number of nitrogens with one attached hydrogen (secondary N) is 1. The Bertz CT molecular complexity index is 1180. The number of nitrogens with zero attached hydrogens (tertiary/aromatic N) is 5. The topological polar surface area (TPSA) is 126 Å². The molecule has 4 rings (SSSR count). The van der Waals surface area contributed by atoms with Crippen molar-refractivity contribution in [3.63, 3.8) is 0 Å². The molecule has 214 valence electrons. The summed E-state index contributed by atoms with van der Waals surface area (Å²) in [6.45, 7) is 1.15. The number of amides is 1.